The van der Waals surface area contributed by atoms with Crippen molar-refractivity contribution < 1.29 is 9.53 Å². The third kappa shape index (κ3) is 3.66. The molecule has 0 aliphatic carbocycles. The maximum Gasteiger partial charge on any atom is 0.180 e. The van der Waals surface area contributed by atoms with Crippen molar-refractivity contribution >= 4 is 5.78 Å². The fourth-order valence-electron chi connectivity index (χ4n) is 1.82. The summed E-state index contributed by atoms with van der Waals surface area (Å²) < 4.78 is 7.45. The SMILES string of the molecule is CC(C)(C)C(=O)C(Cn1cncn1)Oc1ccccc1. The highest BCUT2D eigenvalue weighted by Gasteiger charge is 2.31. The number of rotatable bonds is 5. The summed E-state index contributed by atoms with van der Waals surface area (Å²) in [5.41, 5.74) is -0.472. The summed E-state index contributed by atoms with van der Waals surface area (Å²) in [6.07, 6.45) is 2.44. The molecule has 0 saturated carbocycles. The van der Waals surface area contributed by atoms with Gasteiger partial charge in [0, 0.05) is 5.41 Å². The van der Waals surface area contributed by atoms with Gasteiger partial charge in [0.1, 0.15) is 18.4 Å². The number of ketones is 1. The minimum Gasteiger partial charge on any atom is -0.481 e. The second kappa shape index (κ2) is 5.86. The molecule has 0 aliphatic heterocycles. The van der Waals surface area contributed by atoms with Crippen molar-refractivity contribution in [2.24, 2.45) is 5.41 Å². The van der Waals surface area contributed by atoms with Crippen molar-refractivity contribution in [2.45, 2.75) is 33.4 Å². The normalized spacial score (nSPS) is 12.9. The fraction of sp³-hybridized carbons (Fsp3) is 0.400. The van der Waals surface area contributed by atoms with Crippen LogP contribution in [0.5, 0.6) is 5.75 Å². The number of aromatic nitrogens is 3. The van der Waals surface area contributed by atoms with Crippen LogP contribution in [-0.2, 0) is 11.3 Å². The molecule has 106 valence electrons. The quantitative estimate of drug-likeness (QED) is 0.839. The zero-order chi connectivity index (χ0) is 14.6. The van der Waals surface area contributed by atoms with E-state index in [2.05, 4.69) is 10.1 Å². The van der Waals surface area contributed by atoms with E-state index in [1.165, 1.54) is 6.33 Å². The Hall–Kier alpha value is -2.17. The molecule has 0 N–H and O–H groups in total. The Morgan fingerprint density at radius 3 is 2.55 bits per heavy atom. The third-order valence-electron chi connectivity index (χ3n) is 2.87. The van der Waals surface area contributed by atoms with E-state index in [1.807, 2.05) is 51.1 Å². The highest BCUT2D eigenvalue weighted by Crippen LogP contribution is 2.21. The van der Waals surface area contributed by atoms with Crippen molar-refractivity contribution in [1.29, 1.82) is 0 Å². The number of para-hydroxylation sites is 1. The van der Waals surface area contributed by atoms with Crippen LogP contribution < -0.4 is 4.74 Å². The summed E-state index contributed by atoms with van der Waals surface area (Å²) in [6.45, 7) is 6.01. The molecule has 5 nitrogen and oxygen atoms in total. The second-order valence-electron chi connectivity index (χ2n) is 5.65. The van der Waals surface area contributed by atoms with Gasteiger partial charge in [-0.1, -0.05) is 39.0 Å². The summed E-state index contributed by atoms with van der Waals surface area (Å²) in [5.74, 6) is 0.715. The monoisotopic (exact) mass is 273 g/mol. The number of ether oxygens (including phenoxy) is 1. The lowest BCUT2D eigenvalue weighted by molar-refractivity contribution is -0.134. The Labute approximate surface area is 118 Å². The molecule has 20 heavy (non-hydrogen) atoms. The van der Waals surface area contributed by atoms with Crippen LogP contribution in [0.2, 0.25) is 0 Å². The van der Waals surface area contributed by atoms with Gasteiger partial charge in [-0.2, -0.15) is 5.10 Å². The fourth-order valence-corrected chi connectivity index (χ4v) is 1.82. The van der Waals surface area contributed by atoms with Gasteiger partial charge in [0.2, 0.25) is 0 Å². The number of hydrogen-bond acceptors (Lipinski definition) is 4. The van der Waals surface area contributed by atoms with Crippen molar-refractivity contribution in [1.82, 2.24) is 14.8 Å². The van der Waals surface area contributed by atoms with Crippen LogP contribution in [0, 0.1) is 5.41 Å². The molecule has 0 radical (unpaired) electrons. The first-order chi connectivity index (χ1) is 9.47. The first-order valence-electron chi connectivity index (χ1n) is 6.55. The number of nitrogens with zero attached hydrogens (tertiary/aromatic N) is 3. The van der Waals surface area contributed by atoms with E-state index >= 15 is 0 Å². The van der Waals surface area contributed by atoms with Gasteiger partial charge in [-0.25, -0.2) is 9.67 Å². The van der Waals surface area contributed by atoms with Gasteiger partial charge in [0.25, 0.3) is 0 Å². The standard InChI is InChI=1S/C15H19N3O2/c1-15(2,3)14(19)13(9-18-11-16-10-17-18)20-12-7-5-4-6-8-12/h4-8,10-11,13H,9H2,1-3H3. The maximum absolute atomic E-state index is 12.5. The second-order valence-corrected chi connectivity index (χ2v) is 5.65. The number of carbonyl (C=O) groups is 1. The average molecular weight is 273 g/mol. The van der Waals surface area contributed by atoms with Crippen molar-refractivity contribution in [3.63, 3.8) is 0 Å². The Morgan fingerprint density at radius 1 is 1.30 bits per heavy atom. The van der Waals surface area contributed by atoms with Gasteiger partial charge in [-0.3, -0.25) is 4.79 Å². The van der Waals surface area contributed by atoms with Crippen molar-refractivity contribution in [3.8, 4) is 5.75 Å². The Morgan fingerprint density at radius 2 is 2.00 bits per heavy atom. The first-order valence-corrected chi connectivity index (χ1v) is 6.55. The van der Waals surface area contributed by atoms with Gasteiger partial charge < -0.3 is 4.74 Å². The largest absolute Gasteiger partial charge is 0.481 e. The Balaban J connectivity index is 2.18. The smallest absolute Gasteiger partial charge is 0.180 e. The summed E-state index contributed by atoms with van der Waals surface area (Å²) in [7, 11) is 0. The molecule has 1 atom stereocenters. The minimum atomic E-state index is -0.584. The molecule has 2 aromatic rings. The summed E-state index contributed by atoms with van der Waals surface area (Å²) in [5, 5.41) is 4.04. The van der Waals surface area contributed by atoms with Gasteiger partial charge in [-0.05, 0) is 12.1 Å². The topological polar surface area (TPSA) is 57.0 Å². The molecule has 0 spiro atoms. The lowest BCUT2D eigenvalue weighted by Gasteiger charge is -2.25. The van der Waals surface area contributed by atoms with Crippen LogP contribution >= 0.6 is 0 Å². The van der Waals surface area contributed by atoms with Gasteiger partial charge in [0.05, 0.1) is 6.54 Å². The first kappa shape index (κ1) is 14.2. The van der Waals surface area contributed by atoms with Crippen LogP contribution in [-0.4, -0.2) is 26.7 Å². The molecule has 1 heterocycles. The number of benzene rings is 1. The molecule has 0 aliphatic rings. The van der Waals surface area contributed by atoms with E-state index < -0.39 is 11.5 Å². The highest BCUT2D eigenvalue weighted by molar-refractivity contribution is 5.88. The summed E-state index contributed by atoms with van der Waals surface area (Å²) in [4.78, 5) is 16.4. The Kier molecular flexibility index (Phi) is 4.17. The van der Waals surface area contributed by atoms with E-state index in [1.54, 1.807) is 11.0 Å². The van der Waals surface area contributed by atoms with Crippen LogP contribution in [0.4, 0.5) is 0 Å². The molecule has 0 saturated heterocycles. The zero-order valence-corrected chi connectivity index (χ0v) is 12.0. The number of carbonyl (C=O) groups excluding carboxylic acids is 1. The van der Waals surface area contributed by atoms with Gasteiger partial charge >= 0.3 is 0 Å². The number of hydrogen-bond donors (Lipinski definition) is 0. The van der Waals surface area contributed by atoms with Crippen molar-refractivity contribution in [2.75, 3.05) is 0 Å². The molecule has 0 fully saturated rings. The lowest BCUT2D eigenvalue weighted by Crippen LogP contribution is -2.39. The molecule has 2 rings (SSSR count). The highest BCUT2D eigenvalue weighted by atomic mass is 16.5. The van der Waals surface area contributed by atoms with Gasteiger partial charge in [-0.15, -0.1) is 0 Å². The predicted octanol–water partition coefficient (Wildman–Crippen LogP) is 2.34. The molecule has 1 unspecified atom stereocenters. The van der Waals surface area contributed by atoms with E-state index in [4.69, 9.17) is 4.74 Å². The maximum atomic E-state index is 12.5. The van der Waals surface area contributed by atoms with Gasteiger partial charge in [0.15, 0.2) is 11.9 Å². The van der Waals surface area contributed by atoms with E-state index in [-0.39, 0.29) is 5.78 Å². The predicted molar refractivity (Wildman–Crippen MR) is 75.3 cm³/mol. The van der Waals surface area contributed by atoms with Crippen LogP contribution in [0.15, 0.2) is 43.0 Å². The zero-order valence-electron chi connectivity index (χ0n) is 12.0. The Bertz CT molecular complexity index is 544. The lowest BCUT2D eigenvalue weighted by atomic mass is 9.87. The van der Waals surface area contributed by atoms with Crippen LogP contribution in [0.3, 0.4) is 0 Å². The summed E-state index contributed by atoms with van der Waals surface area (Å²) >= 11 is 0. The molecular weight excluding hydrogens is 254 g/mol. The molecule has 0 bridgehead atoms. The average Bonchev–Trinajstić information content (AvgIpc) is 2.90. The van der Waals surface area contributed by atoms with Crippen molar-refractivity contribution in [3.05, 3.63) is 43.0 Å². The van der Waals surface area contributed by atoms with Crippen LogP contribution in [0.25, 0.3) is 0 Å². The van der Waals surface area contributed by atoms with Crippen LogP contribution in [0.1, 0.15) is 20.8 Å². The molecule has 1 aromatic heterocycles. The third-order valence-corrected chi connectivity index (χ3v) is 2.87. The number of Topliss-reactive ketones (excluding diaryl/α,β-unsaturated/α-hetero) is 1. The summed E-state index contributed by atoms with van der Waals surface area (Å²) in [6, 6.07) is 9.34. The minimum absolute atomic E-state index is 0.0388. The molecular formula is C15H19N3O2. The van der Waals surface area contributed by atoms with E-state index in [0.29, 0.717) is 12.3 Å². The molecule has 1 aromatic carbocycles. The van der Waals surface area contributed by atoms with E-state index in [9.17, 15) is 4.79 Å². The van der Waals surface area contributed by atoms with E-state index in [0.717, 1.165) is 0 Å². The molecule has 0 amide bonds. The molecule has 5 heteroatoms.